The van der Waals surface area contributed by atoms with E-state index in [1.54, 1.807) is 30.3 Å². The van der Waals surface area contributed by atoms with Gasteiger partial charge in [0.2, 0.25) is 0 Å². The van der Waals surface area contributed by atoms with Gasteiger partial charge in [-0.25, -0.2) is 4.39 Å². The van der Waals surface area contributed by atoms with Crippen molar-refractivity contribution < 1.29 is 9.18 Å². The molecule has 0 aliphatic carbocycles. The predicted molar refractivity (Wildman–Crippen MR) is 64.0 cm³/mol. The molecule has 0 fully saturated rings. The van der Waals surface area contributed by atoms with Gasteiger partial charge in [0.15, 0.2) is 5.78 Å². The second kappa shape index (κ2) is 4.58. The van der Waals surface area contributed by atoms with Crippen molar-refractivity contribution in [2.24, 2.45) is 0 Å². The highest BCUT2D eigenvalue weighted by Gasteiger charge is 2.12. The molecule has 0 saturated heterocycles. The first kappa shape index (κ1) is 11.0. The van der Waals surface area contributed by atoms with Crippen molar-refractivity contribution in [2.75, 3.05) is 0 Å². The largest absolute Gasteiger partial charge is 0.288 e. The van der Waals surface area contributed by atoms with E-state index in [4.69, 9.17) is 0 Å². The van der Waals surface area contributed by atoms with Gasteiger partial charge in [0.1, 0.15) is 5.82 Å². The molecule has 0 radical (unpaired) electrons. The van der Waals surface area contributed by atoms with E-state index in [0.29, 0.717) is 5.56 Å². The second-order valence-electron chi connectivity index (χ2n) is 3.32. The molecule has 0 aliphatic heterocycles. The van der Waals surface area contributed by atoms with E-state index in [2.05, 4.69) is 15.9 Å². The van der Waals surface area contributed by atoms with Crippen LogP contribution < -0.4 is 0 Å². The highest BCUT2D eigenvalue weighted by Crippen LogP contribution is 2.17. The number of benzene rings is 2. The first-order chi connectivity index (χ1) is 7.68. The summed E-state index contributed by atoms with van der Waals surface area (Å²) < 4.78 is 14.2. The van der Waals surface area contributed by atoms with Crippen molar-refractivity contribution in [1.29, 1.82) is 0 Å². The van der Waals surface area contributed by atoms with Gasteiger partial charge in [-0.15, -0.1) is 0 Å². The van der Waals surface area contributed by atoms with Gasteiger partial charge in [-0.2, -0.15) is 0 Å². The molecule has 0 saturated carbocycles. The molecule has 1 nitrogen and oxygen atoms in total. The smallest absolute Gasteiger partial charge is 0.196 e. The van der Waals surface area contributed by atoms with Crippen LogP contribution in [0.1, 0.15) is 15.9 Å². The summed E-state index contributed by atoms with van der Waals surface area (Å²) in [6.07, 6.45) is 0. The van der Waals surface area contributed by atoms with Gasteiger partial charge in [-0.3, -0.25) is 4.79 Å². The Hall–Kier alpha value is -1.48. The monoisotopic (exact) mass is 278 g/mol. The van der Waals surface area contributed by atoms with Crippen molar-refractivity contribution in [3.63, 3.8) is 0 Å². The van der Waals surface area contributed by atoms with E-state index in [9.17, 15) is 9.18 Å². The van der Waals surface area contributed by atoms with Crippen molar-refractivity contribution in [3.05, 3.63) is 69.9 Å². The van der Waals surface area contributed by atoms with Crippen LogP contribution in [0.2, 0.25) is 0 Å². The molecule has 0 bridgehead atoms. The van der Waals surface area contributed by atoms with Gasteiger partial charge in [0.25, 0.3) is 0 Å². The highest BCUT2D eigenvalue weighted by atomic mass is 79.9. The van der Waals surface area contributed by atoms with Crippen LogP contribution in [0.3, 0.4) is 0 Å². The molecule has 0 atom stereocenters. The standard InChI is InChI=1S/C13H8BrFO/c14-10-5-3-4-9(8-10)13(16)11-6-1-2-7-12(11)15/h1-8H. The first-order valence-corrected chi connectivity index (χ1v) is 5.52. The number of hydrogen-bond donors (Lipinski definition) is 0. The van der Waals surface area contributed by atoms with Crippen LogP contribution in [0.15, 0.2) is 53.0 Å². The van der Waals surface area contributed by atoms with Gasteiger partial charge in [-0.05, 0) is 24.3 Å². The van der Waals surface area contributed by atoms with Crippen LogP contribution in [-0.4, -0.2) is 5.78 Å². The third kappa shape index (κ3) is 2.19. The maximum Gasteiger partial charge on any atom is 0.196 e. The Morgan fingerprint density at radius 2 is 1.81 bits per heavy atom. The van der Waals surface area contributed by atoms with Crippen molar-refractivity contribution in [2.45, 2.75) is 0 Å². The quantitative estimate of drug-likeness (QED) is 0.764. The fourth-order valence-corrected chi connectivity index (χ4v) is 1.83. The van der Waals surface area contributed by atoms with Crippen LogP contribution in [-0.2, 0) is 0 Å². The molecule has 0 N–H and O–H groups in total. The molecule has 0 heterocycles. The minimum Gasteiger partial charge on any atom is -0.288 e. The lowest BCUT2D eigenvalue weighted by Crippen LogP contribution is -2.03. The lowest BCUT2D eigenvalue weighted by Gasteiger charge is -2.02. The average molecular weight is 279 g/mol. The lowest BCUT2D eigenvalue weighted by atomic mass is 10.0. The van der Waals surface area contributed by atoms with Crippen LogP contribution >= 0.6 is 15.9 Å². The van der Waals surface area contributed by atoms with Gasteiger partial charge in [0, 0.05) is 10.0 Å². The molecule has 0 unspecified atom stereocenters. The zero-order valence-electron chi connectivity index (χ0n) is 8.28. The third-order valence-electron chi connectivity index (χ3n) is 2.21. The minimum absolute atomic E-state index is 0.0978. The van der Waals surface area contributed by atoms with Crippen LogP contribution in [0, 0.1) is 5.82 Å². The fraction of sp³-hybridized carbons (Fsp3) is 0. The SMILES string of the molecule is O=C(c1cccc(Br)c1)c1ccccc1F. The maximum atomic E-state index is 13.4. The van der Waals surface area contributed by atoms with Crippen LogP contribution in [0.5, 0.6) is 0 Å². The van der Waals surface area contributed by atoms with E-state index in [1.807, 2.05) is 6.07 Å². The molecule has 0 aliphatic rings. The number of hydrogen-bond acceptors (Lipinski definition) is 1. The fourth-order valence-electron chi connectivity index (χ4n) is 1.43. The Labute approximate surface area is 101 Å². The van der Waals surface area contributed by atoms with Crippen LogP contribution in [0.25, 0.3) is 0 Å². The second-order valence-corrected chi connectivity index (χ2v) is 4.23. The van der Waals surface area contributed by atoms with Gasteiger partial charge < -0.3 is 0 Å². The van der Waals surface area contributed by atoms with Gasteiger partial charge in [-0.1, -0.05) is 40.2 Å². The number of carbonyl (C=O) groups excluding carboxylic acids is 1. The van der Waals surface area contributed by atoms with E-state index < -0.39 is 5.82 Å². The summed E-state index contributed by atoms with van der Waals surface area (Å²) in [5.74, 6) is -0.799. The minimum atomic E-state index is -0.493. The lowest BCUT2D eigenvalue weighted by molar-refractivity contribution is 0.103. The maximum absolute atomic E-state index is 13.4. The Morgan fingerprint density at radius 3 is 2.50 bits per heavy atom. The van der Waals surface area contributed by atoms with E-state index >= 15 is 0 Å². The molecular weight excluding hydrogens is 271 g/mol. The summed E-state index contributed by atoms with van der Waals surface area (Å²) in [7, 11) is 0. The molecule has 2 aromatic rings. The summed E-state index contributed by atoms with van der Waals surface area (Å²) in [5, 5.41) is 0. The van der Waals surface area contributed by atoms with Gasteiger partial charge >= 0.3 is 0 Å². The average Bonchev–Trinajstić information content (AvgIpc) is 2.29. The molecule has 2 aromatic carbocycles. The summed E-state index contributed by atoms with van der Waals surface area (Å²) in [6, 6.07) is 12.9. The molecule has 3 heteroatoms. The Morgan fingerprint density at radius 1 is 1.06 bits per heavy atom. The van der Waals surface area contributed by atoms with E-state index in [1.165, 1.54) is 12.1 Å². The molecule has 0 spiro atoms. The normalized spacial score (nSPS) is 10.1. The molecule has 0 aromatic heterocycles. The van der Waals surface area contributed by atoms with E-state index in [-0.39, 0.29) is 11.3 Å². The number of carbonyl (C=O) groups is 1. The molecule has 16 heavy (non-hydrogen) atoms. The van der Waals surface area contributed by atoms with E-state index in [0.717, 1.165) is 4.47 Å². The summed E-state index contributed by atoms with van der Waals surface area (Å²) in [4.78, 5) is 12.0. The molecule has 0 amide bonds. The first-order valence-electron chi connectivity index (χ1n) is 4.73. The summed E-state index contributed by atoms with van der Waals surface area (Å²) >= 11 is 3.28. The highest BCUT2D eigenvalue weighted by molar-refractivity contribution is 9.10. The zero-order valence-corrected chi connectivity index (χ0v) is 9.87. The number of rotatable bonds is 2. The van der Waals surface area contributed by atoms with Crippen LogP contribution in [0.4, 0.5) is 4.39 Å². The number of halogens is 2. The van der Waals surface area contributed by atoms with Crippen molar-refractivity contribution in [1.82, 2.24) is 0 Å². The summed E-state index contributed by atoms with van der Waals surface area (Å²) in [6.45, 7) is 0. The predicted octanol–water partition coefficient (Wildman–Crippen LogP) is 3.82. The molecule has 2 rings (SSSR count). The third-order valence-corrected chi connectivity index (χ3v) is 2.70. The Balaban J connectivity index is 2.44. The van der Waals surface area contributed by atoms with Crippen molar-refractivity contribution in [3.8, 4) is 0 Å². The molecular formula is C13H8BrFO. The molecule has 80 valence electrons. The Bertz CT molecular complexity index is 537. The summed E-state index contributed by atoms with van der Waals surface area (Å²) in [5.41, 5.74) is 0.570. The Kier molecular flexibility index (Phi) is 3.15. The number of ketones is 1. The topological polar surface area (TPSA) is 17.1 Å². The van der Waals surface area contributed by atoms with Crippen molar-refractivity contribution >= 4 is 21.7 Å². The zero-order chi connectivity index (χ0) is 11.5. The van der Waals surface area contributed by atoms with Gasteiger partial charge in [0.05, 0.1) is 5.56 Å².